The lowest BCUT2D eigenvalue weighted by molar-refractivity contribution is -0.132. The van der Waals surface area contributed by atoms with Gasteiger partial charge in [-0.2, -0.15) is 0 Å². The Morgan fingerprint density at radius 2 is 1.91 bits per heavy atom. The number of benzene rings is 1. The Labute approximate surface area is 140 Å². The molecule has 1 aliphatic heterocycles. The van der Waals surface area contributed by atoms with E-state index in [1.54, 1.807) is 0 Å². The lowest BCUT2D eigenvalue weighted by Crippen LogP contribution is -2.47. The molecule has 2 rings (SSSR count). The number of nitrogens with zero attached hydrogens (tertiary/aromatic N) is 2. The van der Waals surface area contributed by atoms with Gasteiger partial charge in [0.1, 0.15) is 0 Å². The van der Waals surface area contributed by atoms with E-state index in [4.69, 9.17) is 5.73 Å². The molecule has 2 N–H and O–H groups in total. The van der Waals surface area contributed by atoms with Gasteiger partial charge in [-0.15, -0.1) is 0 Å². The monoisotopic (exact) mass is 317 g/mol. The minimum Gasteiger partial charge on any atom is -0.340 e. The highest BCUT2D eigenvalue weighted by atomic mass is 16.2. The van der Waals surface area contributed by atoms with Crippen LogP contribution in [0.3, 0.4) is 0 Å². The van der Waals surface area contributed by atoms with Crippen molar-refractivity contribution in [3.63, 3.8) is 0 Å². The van der Waals surface area contributed by atoms with Gasteiger partial charge in [-0.1, -0.05) is 44.2 Å². The Kier molecular flexibility index (Phi) is 6.19. The van der Waals surface area contributed by atoms with E-state index in [2.05, 4.69) is 43.0 Å². The average molecular weight is 317 g/mol. The summed E-state index contributed by atoms with van der Waals surface area (Å²) in [4.78, 5) is 16.9. The van der Waals surface area contributed by atoms with Crippen molar-refractivity contribution in [1.29, 1.82) is 0 Å². The zero-order valence-electron chi connectivity index (χ0n) is 14.9. The van der Waals surface area contributed by atoms with Gasteiger partial charge in [0, 0.05) is 31.7 Å². The van der Waals surface area contributed by atoms with Crippen molar-refractivity contribution in [2.75, 3.05) is 13.1 Å². The number of hydrogen-bond donors (Lipinski definition) is 1. The predicted molar refractivity (Wildman–Crippen MR) is 94.9 cm³/mol. The van der Waals surface area contributed by atoms with E-state index in [1.807, 2.05) is 24.8 Å². The first-order chi connectivity index (χ1) is 10.9. The molecular formula is C19H31N3O. The fourth-order valence-corrected chi connectivity index (χ4v) is 3.24. The zero-order chi connectivity index (χ0) is 17.0. The van der Waals surface area contributed by atoms with E-state index in [0.29, 0.717) is 12.1 Å². The summed E-state index contributed by atoms with van der Waals surface area (Å²) in [7, 11) is 0. The molecular weight excluding hydrogens is 286 g/mol. The number of nitrogens with two attached hydrogens (primary N) is 1. The minimum atomic E-state index is -0.379. The molecule has 1 saturated heterocycles. The van der Waals surface area contributed by atoms with E-state index in [1.165, 1.54) is 5.56 Å². The highest BCUT2D eigenvalue weighted by Gasteiger charge is 2.34. The van der Waals surface area contributed by atoms with Crippen LogP contribution in [0.2, 0.25) is 0 Å². The Hall–Kier alpha value is -1.39. The maximum absolute atomic E-state index is 12.5. The molecule has 1 fully saturated rings. The van der Waals surface area contributed by atoms with Crippen molar-refractivity contribution in [3.05, 3.63) is 35.9 Å². The summed E-state index contributed by atoms with van der Waals surface area (Å²) >= 11 is 0. The number of carbonyl (C=O) groups is 1. The number of likely N-dealkylation sites (tertiary alicyclic amines) is 1. The van der Waals surface area contributed by atoms with Crippen LogP contribution in [-0.4, -0.2) is 46.9 Å². The van der Waals surface area contributed by atoms with E-state index in [9.17, 15) is 4.79 Å². The second-order valence-electron chi connectivity index (χ2n) is 7.25. The fourth-order valence-electron chi connectivity index (χ4n) is 3.24. The molecule has 1 aromatic rings. The first-order valence-corrected chi connectivity index (χ1v) is 8.74. The van der Waals surface area contributed by atoms with Crippen molar-refractivity contribution >= 4 is 5.91 Å². The van der Waals surface area contributed by atoms with E-state index in [0.717, 1.165) is 26.1 Å². The third kappa shape index (κ3) is 4.55. The van der Waals surface area contributed by atoms with Crippen molar-refractivity contribution in [1.82, 2.24) is 9.80 Å². The normalized spacial score (nSPS) is 19.8. The number of amides is 1. The Bertz CT molecular complexity index is 501. The van der Waals surface area contributed by atoms with Crippen molar-refractivity contribution in [2.45, 2.75) is 58.8 Å². The van der Waals surface area contributed by atoms with Crippen LogP contribution in [0.15, 0.2) is 30.3 Å². The molecule has 0 radical (unpaired) electrons. The van der Waals surface area contributed by atoms with Crippen LogP contribution in [0, 0.1) is 5.92 Å². The van der Waals surface area contributed by atoms with Crippen LogP contribution < -0.4 is 5.73 Å². The van der Waals surface area contributed by atoms with Crippen LogP contribution in [0.5, 0.6) is 0 Å². The lowest BCUT2D eigenvalue weighted by atomic mass is 10.0. The van der Waals surface area contributed by atoms with Crippen molar-refractivity contribution in [2.24, 2.45) is 11.7 Å². The van der Waals surface area contributed by atoms with Gasteiger partial charge in [-0.3, -0.25) is 9.69 Å². The maximum Gasteiger partial charge on any atom is 0.239 e. The Morgan fingerprint density at radius 3 is 2.48 bits per heavy atom. The van der Waals surface area contributed by atoms with Gasteiger partial charge < -0.3 is 10.6 Å². The largest absolute Gasteiger partial charge is 0.340 e. The van der Waals surface area contributed by atoms with Crippen molar-refractivity contribution in [3.8, 4) is 0 Å². The van der Waals surface area contributed by atoms with Gasteiger partial charge in [-0.05, 0) is 31.7 Å². The van der Waals surface area contributed by atoms with Gasteiger partial charge >= 0.3 is 0 Å². The molecule has 4 heteroatoms. The zero-order valence-corrected chi connectivity index (χ0v) is 14.9. The molecule has 0 spiro atoms. The second kappa shape index (κ2) is 7.93. The van der Waals surface area contributed by atoms with Gasteiger partial charge in [0.2, 0.25) is 5.91 Å². The smallest absolute Gasteiger partial charge is 0.239 e. The molecule has 0 aliphatic carbocycles. The SMILES string of the molecule is CC(C)C(N)C(=O)N1CCC(N(Cc2ccccc2)C(C)C)C1. The predicted octanol–water partition coefficient (Wildman–Crippen LogP) is 2.48. The average Bonchev–Trinajstić information content (AvgIpc) is 3.01. The van der Waals surface area contributed by atoms with E-state index in [-0.39, 0.29) is 17.9 Å². The van der Waals surface area contributed by atoms with Gasteiger partial charge in [-0.25, -0.2) is 0 Å². The summed E-state index contributed by atoms with van der Waals surface area (Å²) in [6.45, 7) is 11.0. The molecule has 1 aromatic carbocycles. The molecule has 23 heavy (non-hydrogen) atoms. The fraction of sp³-hybridized carbons (Fsp3) is 0.632. The van der Waals surface area contributed by atoms with E-state index >= 15 is 0 Å². The van der Waals surface area contributed by atoms with Gasteiger partial charge in [0.05, 0.1) is 6.04 Å². The molecule has 2 unspecified atom stereocenters. The molecule has 1 heterocycles. The summed E-state index contributed by atoms with van der Waals surface area (Å²) in [6.07, 6.45) is 1.03. The summed E-state index contributed by atoms with van der Waals surface area (Å²) in [5.41, 5.74) is 7.36. The molecule has 1 amide bonds. The van der Waals surface area contributed by atoms with Crippen LogP contribution >= 0.6 is 0 Å². The quantitative estimate of drug-likeness (QED) is 0.877. The summed E-state index contributed by atoms with van der Waals surface area (Å²) < 4.78 is 0. The van der Waals surface area contributed by atoms with Crippen LogP contribution in [0.25, 0.3) is 0 Å². The summed E-state index contributed by atoms with van der Waals surface area (Å²) in [5.74, 6) is 0.290. The topological polar surface area (TPSA) is 49.6 Å². The Balaban J connectivity index is 2.01. The second-order valence-corrected chi connectivity index (χ2v) is 7.25. The first kappa shape index (κ1) is 18.0. The van der Waals surface area contributed by atoms with E-state index < -0.39 is 0 Å². The Morgan fingerprint density at radius 1 is 1.26 bits per heavy atom. The van der Waals surface area contributed by atoms with Crippen LogP contribution in [0.1, 0.15) is 39.7 Å². The summed E-state index contributed by atoms with van der Waals surface area (Å²) in [6, 6.07) is 11.0. The molecule has 4 nitrogen and oxygen atoms in total. The third-order valence-electron chi connectivity index (χ3n) is 4.82. The highest BCUT2D eigenvalue weighted by molar-refractivity contribution is 5.82. The molecule has 128 valence electrons. The molecule has 1 aliphatic rings. The highest BCUT2D eigenvalue weighted by Crippen LogP contribution is 2.21. The first-order valence-electron chi connectivity index (χ1n) is 8.74. The van der Waals surface area contributed by atoms with Crippen molar-refractivity contribution < 1.29 is 4.79 Å². The van der Waals surface area contributed by atoms with Gasteiger partial charge in [0.25, 0.3) is 0 Å². The number of carbonyl (C=O) groups excluding carboxylic acids is 1. The molecule has 0 bridgehead atoms. The number of rotatable bonds is 6. The third-order valence-corrected chi connectivity index (χ3v) is 4.82. The van der Waals surface area contributed by atoms with Crippen LogP contribution in [-0.2, 0) is 11.3 Å². The van der Waals surface area contributed by atoms with Crippen LogP contribution in [0.4, 0.5) is 0 Å². The number of hydrogen-bond acceptors (Lipinski definition) is 3. The van der Waals surface area contributed by atoms with Gasteiger partial charge in [0.15, 0.2) is 0 Å². The standard InChI is InChI=1S/C19H31N3O/c1-14(2)18(20)19(23)21-11-10-17(13-21)22(15(3)4)12-16-8-6-5-7-9-16/h5-9,14-15,17-18H,10-13,20H2,1-4H3. The maximum atomic E-state index is 12.5. The molecule has 2 atom stereocenters. The summed E-state index contributed by atoms with van der Waals surface area (Å²) in [5, 5.41) is 0. The molecule has 0 saturated carbocycles. The molecule has 0 aromatic heterocycles. The minimum absolute atomic E-state index is 0.103. The lowest BCUT2D eigenvalue weighted by Gasteiger charge is -2.33.